The lowest BCUT2D eigenvalue weighted by Crippen LogP contribution is -2.41. The van der Waals surface area contributed by atoms with Crippen LogP contribution in [-0.4, -0.2) is 44.9 Å². The minimum Gasteiger partial charge on any atom is -0.465 e. The highest BCUT2D eigenvalue weighted by Crippen LogP contribution is 2.27. The minimum absolute atomic E-state index is 0.00972. The van der Waals surface area contributed by atoms with Crippen molar-refractivity contribution in [2.45, 2.75) is 24.3 Å². The van der Waals surface area contributed by atoms with E-state index in [1.165, 1.54) is 23.5 Å². The van der Waals surface area contributed by atoms with E-state index in [0.29, 0.717) is 17.9 Å². The summed E-state index contributed by atoms with van der Waals surface area (Å²) in [6, 6.07) is 12.9. The van der Waals surface area contributed by atoms with E-state index >= 15 is 0 Å². The molecular weight excluding hydrogens is 430 g/mol. The van der Waals surface area contributed by atoms with Crippen LogP contribution in [0.15, 0.2) is 53.4 Å². The van der Waals surface area contributed by atoms with Crippen LogP contribution in [0.1, 0.15) is 28.8 Å². The van der Waals surface area contributed by atoms with Gasteiger partial charge in [0.05, 0.1) is 23.5 Å². The molecule has 0 saturated carbocycles. The molecule has 3 rings (SSSR count). The fourth-order valence-electron chi connectivity index (χ4n) is 3.29. The van der Waals surface area contributed by atoms with Gasteiger partial charge in [-0.2, -0.15) is 4.31 Å². The number of esters is 2. The zero-order chi connectivity index (χ0) is 21.7. The van der Waals surface area contributed by atoms with Crippen molar-refractivity contribution in [2.24, 2.45) is 5.92 Å². The third kappa shape index (κ3) is 5.00. The second-order valence-electron chi connectivity index (χ2n) is 6.90. The molecule has 30 heavy (non-hydrogen) atoms. The molecule has 0 aromatic heterocycles. The summed E-state index contributed by atoms with van der Waals surface area (Å²) in [7, 11) is -2.69. The van der Waals surface area contributed by atoms with Gasteiger partial charge in [0.2, 0.25) is 10.0 Å². The fourth-order valence-corrected chi connectivity index (χ4v) is 5.07. The Morgan fingerprint density at radius 2 is 1.70 bits per heavy atom. The maximum Gasteiger partial charge on any atom is 0.339 e. The Labute approximate surface area is 180 Å². The number of piperidine rings is 1. The summed E-state index contributed by atoms with van der Waals surface area (Å²) in [6.07, 6.45) is 0.693. The van der Waals surface area contributed by atoms with E-state index in [1.807, 2.05) is 0 Å². The van der Waals surface area contributed by atoms with Gasteiger partial charge in [0.25, 0.3) is 0 Å². The Hall–Kier alpha value is -2.42. The van der Waals surface area contributed by atoms with E-state index in [0.717, 1.165) is 5.56 Å². The van der Waals surface area contributed by atoms with E-state index in [-0.39, 0.29) is 42.0 Å². The number of nitrogens with zero attached hydrogens (tertiary/aromatic N) is 1. The largest absolute Gasteiger partial charge is 0.465 e. The molecule has 0 atom stereocenters. The van der Waals surface area contributed by atoms with E-state index < -0.39 is 16.0 Å². The Bertz CT molecular complexity index is 1010. The van der Waals surface area contributed by atoms with Gasteiger partial charge in [-0.15, -0.1) is 0 Å². The van der Waals surface area contributed by atoms with Crippen LogP contribution in [0.4, 0.5) is 0 Å². The number of halogens is 1. The molecule has 2 aromatic carbocycles. The minimum atomic E-state index is -3.89. The highest BCUT2D eigenvalue weighted by molar-refractivity contribution is 7.89. The molecule has 0 aliphatic carbocycles. The van der Waals surface area contributed by atoms with Crippen molar-refractivity contribution >= 4 is 33.6 Å². The van der Waals surface area contributed by atoms with E-state index in [2.05, 4.69) is 4.74 Å². The van der Waals surface area contributed by atoms with Crippen molar-refractivity contribution in [1.29, 1.82) is 0 Å². The van der Waals surface area contributed by atoms with Crippen LogP contribution in [0.3, 0.4) is 0 Å². The number of sulfonamides is 1. The summed E-state index contributed by atoms with van der Waals surface area (Å²) in [6.45, 7) is 0.470. The highest BCUT2D eigenvalue weighted by atomic mass is 35.5. The Balaban J connectivity index is 1.61. The maximum atomic E-state index is 13.0. The molecule has 1 saturated heterocycles. The summed E-state index contributed by atoms with van der Waals surface area (Å²) in [5, 5.41) is 0.604. The second kappa shape index (κ2) is 9.59. The Morgan fingerprint density at radius 3 is 2.33 bits per heavy atom. The van der Waals surface area contributed by atoms with Crippen molar-refractivity contribution in [3.63, 3.8) is 0 Å². The van der Waals surface area contributed by atoms with Gasteiger partial charge in [0.15, 0.2) is 0 Å². The predicted octanol–water partition coefficient (Wildman–Crippen LogP) is 3.27. The number of benzene rings is 2. The standard InChI is InChI=1S/C21H22ClNO6S/c1-28-21(25)18-4-2-3-5-19(18)30(26,27)23-12-10-16(11-13-23)20(24)29-14-15-6-8-17(22)9-7-15/h2-9,16H,10-14H2,1H3. The van der Waals surface area contributed by atoms with Crippen LogP contribution >= 0.6 is 11.6 Å². The maximum absolute atomic E-state index is 13.0. The molecule has 0 radical (unpaired) electrons. The van der Waals surface area contributed by atoms with Crippen LogP contribution in [0, 0.1) is 5.92 Å². The predicted molar refractivity (Wildman–Crippen MR) is 111 cm³/mol. The quantitative estimate of drug-likeness (QED) is 0.626. The summed E-state index contributed by atoms with van der Waals surface area (Å²) in [5.74, 6) is -1.44. The molecule has 7 nitrogen and oxygen atoms in total. The van der Waals surface area contributed by atoms with Crippen LogP contribution < -0.4 is 0 Å². The first-order valence-electron chi connectivity index (χ1n) is 9.41. The average Bonchev–Trinajstić information content (AvgIpc) is 2.78. The van der Waals surface area contributed by atoms with Gasteiger partial charge >= 0.3 is 11.9 Å². The summed E-state index contributed by atoms with van der Waals surface area (Å²) >= 11 is 5.84. The smallest absolute Gasteiger partial charge is 0.339 e. The lowest BCUT2D eigenvalue weighted by Gasteiger charge is -2.30. The zero-order valence-electron chi connectivity index (χ0n) is 16.4. The molecule has 9 heteroatoms. The molecular formula is C21H22ClNO6S. The van der Waals surface area contributed by atoms with Gasteiger partial charge in [-0.25, -0.2) is 13.2 Å². The molecule has 0 spiro atoms. The molecule has 0 amide bonds. The molecule has 0 bridgehead atoms. The third-order valence-electron chi connectivity index (χ3n) is 4.99. The first kappa shape index (κ1) is 22.3. The molecule has 1 aliphatic heterocycles. The van der Waals surface area contributed by atoms with Gasteiger partial charge in [-0.05, 0) is 42.7 Å². The fraction of sp³-hybridized carbons (Fsp3) is 0.333. The second-order valence-corrected chi connectivity index (χ2v) is 9.24. The van der Waals surface area contributed by atoms with Gasteiger partial charge < -0.3 is 9.47 Å². The number of hydrogen-bond donors (Lipinski definition) is 0. The monoisotopic (exact) mass is 451 g/mol. The summed E-state index contributed by atoms with van der Waals surface area (Å²) < 4.78 is 37.4. The lowest BCUT2D eigenvalue weighted by atomic mass is 9.98. The SMILES string of the molecule is COC(=O)c1ccccc1S(=O)(=O)N1CCC(C(=O)OCc2ccc(Cl)cc2)CC1. The first-order chi connectivity index (χ1) is 14.3. The van der Waals surface area contributed by atoms with E-state index in [9.17, 15) is 18.0 Å². The van der Waals surface area contributed by atoms with Crippen LogP contribution in [0.25, 0.3) is 0 Å². The van der Waals surface area contributed by atoms with Crippen molar-refractivity contribution < 1.29 is 27.5 Å². The number of ether oxygens (including phenoxy) is 2. The van der Waals surface area contributed by atoms with E-state index in [4.69, 9.17) is 16.3 Å². The Kier molecular flexibility index (Phi) is 7.12. The van der Waals surface area contributed by atoms with Crippen molar-refractivity contribution in [2.75, 3.05) is 20.2 Å². The molecule has 160 valence electrons. The van der Waals surface area contributed by atoms with Gasteiger partial charge in [-0.3, -0.25) is 4.79 Å². The van der Waals surface area contributed by atoms with Gasteiger partial charge in [0, 0.05) is 18.1 Å². The molecule has 0 N–H and O–H groups in total. The van der Waals surface area contributed by atoms with Crippen molar-refractivity contribution in [3.8, 4) is 0 Å². The van der Waals surface area contributed by atoms with Crippen LogP contribution in [-0.2, 0) is 30.9 Å². The number of carbonyl (C=O) groups is 2. The van der Waals surface area contributed by atoms with Crippen molar-refractivity contribution in [1.82, 2.24) is 4.31 Å². The third-order valence-corrected chi connectivity index (χ3v) is 7.20. The first-order valence-corrected chi connectivity index (χ1v) is 11.2. The molecule has 1 aliphatic rings. The average molecular weight is 452 g/mol. The van der Waals surface area contributed by atoms with Gasteiger partial charge in [0.1, 0.15) is 6.61 Å². The number of rotatable bonds is 6. The van der Waals surface area contributed by atoms with Gasteiger partial charge in [-0.1, -0.05) is 35.9 Å². The van der Waals surface area contributed by atoms with Crippen LogP contribution in [0.5, 0.6) is 0 Å². The lowest BCUT2D eigenvalue weighted by molar-refractivity contribution is -0.151. The molecule has 0 unspecified atom stereocenters. The topological polar surface area (TPSA) is 90.0 Å². The number of methoxy groups -OCH3 is 1. The Morgan fingerprint density at radius 1 is 1.07 bits per heavy atom. The van der Waals surface area contributed by atoms with Crippen molar-refractivity contribution in [3.05, 3.63) is 64.7 Å². The van der Waals surface area contributed by atoms with E-state index in [1.54, 1.807) is 36.4 Å². The molecule has 2 aromatic rings. The number of carbonyl (C=O) groups excluding carboxylic acids is 2. The summed E-state index contributed by atoms with van der Waals surface area (Å²) in [5.41, 5.74) is 0.816. The van der Waals surface area contributed by atoms with Crippen LogP contribution in [0.2, 0.25) is 5.02 Å². The normalized spacial score (nSPS) is 15.5. The molecule has 1 heterocycles. The number of hydrogen-bond acceptors (Lipinski definition) is 6. The highest BCUT2D eigenvalue weighted by Gasteiger charge is 2.34. The summed E-state index contributed by atoms with van der Waals surface area (Å²) in [4.78, 5) is 24.2. The molecule has 1 fully saturated rings. The zero-order valence-corrected chi connectivity index (χ0v) is 18.0.